The molecule has 0 saturated heterocycles. The maximum atomic E-state index is 14.3. The van der Waals surface area contributed by atoms with Gasteiger partial charge >= 0.3 is 0 Å². The van der Waals surface area contributed by atoms with E-state index in [0.29, 0.717) is 18.8 Å². The lowest BCUT2D eigenvalue weighted by molar-refractivity contribution is 0.0778. The third-order valence-corrected chi connectivity index (χ3v) is 6.69. The topological polar surface area (TPSA) is 50.6 Å². The second-order valence-corrected chi connectivity index (χ2v) is 9.18. The lowest BCUT2D eigenvalue weighted by atomic mass is 10.0. The first kappa shape index (κ1) is 24.6. The Bertz CT molecular complexity index is 1420. The Kier molecular flexibility index (Phi) is 7.01. The minimum absolute atomic E-state index is 0.0287. The number of carbonyl (C=O) groups excluding carboxylic acids is 1. The Labute approximate surface area is 214 Å². The number of carbonyl (C=O) groups is 1. The standard InChI is InChI=1S/C29H28F2N4O2/c1-33(29(36)22-7-3-4-8-24(22)31)19-25-23-18-34(17-20-11-13-21(30)14-12-20)16-15-26(23)35(32-25)27-9-5-6-10-28(27)37-2/h3-14H,15-19H2,1-2H3. The fourth-order valence-electron chi connectivity index (χ4n) is 4.79. The van der Waals surface area contributed by atoms with Crippen LogP contribution in [0.4, 0.5) is 8.78 Å². The predicted molar refractivity (Wildman–Crippen MR) is 137 cm³/mol. The Morgan fingerprint density at radius 2 is 1.76 bits per heavy atom. The van der Waals surface area contributed by atoms with E-state index < -0.39 is 11.7 Å². The average Bonchev–Trinajstić information content (AvgIpc) is 3.27. The van der Waals surface area contributed by atoms with Crippen LogP contribution in [0.2, 0.25) is 0 Å². The molecular formula is C29H28F2N4O2. The van der Waals surface area contributed by atoms with Crippen molar-refractivity contribution in [2.45, 2.75) is 26.1 Å². The molecule has 0 bridgehead atoms. The Balaban J connectivity index is 1.48. The molecule has 4 aromatic rings. The first-order chi connectivity index (χ1) is 17.9. The van der Waals surface area contributed by atoms with E-state index in [2.05, 4.69) is 4.90 Å². The SMILES string of the molecule is COc1ccccc1-n1nc(CN(C)C(=O)c2ccccc2F)c2c1CCN(Cc1ccc(F)cc1)C2. The summed E-state index contributed by atoms with van der Waals surface area (Å²) in [4.78, 5) is 16.8. The Morgan fingerprint density at radius 1 is 1.03 bits per heavy atom. The molecule has 1 aliphatic heterocycles. The van der Waals surface area contributed by atoms with Gasteiger partial charge in [0.15, 0.2) is 0 Å². The number of nitrogens with zero attached hydrogens (tertiary/aromatic N) is 4. The Morgan fingerprint density at radius 3 is 2.51 bits per heavy atom. The van der Waals surface area contributed by atoms with Crippen LogP contribution in [0.5, 0.6) is 5.75 Å². The number of para-hydroxylation sites is 2. The van der Waals surface area contributed by atoms with Gasteiger partial charge in [-0.1, -0.05) is 36.4 Å². The maximum absolute atomic E-state index is 14.3. The first-order valence-electron chi connectivity index (χ1n) is 12.1. The second kappa shape index (κ2) is 10.5. The zero-order valence-corrected chi connectivity index (χ0v) is 20.8. The molecule has 2 heterocycles. The van der Waals surface area contributed by atoms with Crippen LogP contribution in [0.15, 0.2) is 72.8 Å². The molecule has 0 spiro atoms. The molecule has 0 unspecified atom stereocenters. The van der Waals surface area contributed by atoms with E-state index in [1.165, 1.54) is 29.2 Å². The van der Waals surface area contributed by atoms with Gasteiger partial charge < -0.3 is 9.64 Å². The third kappa shape index (κ3) is 5.11. The summed E-state index contributed by atoms with van der Waals surface area (Å²) in [5, 5.41) is 4.94. The van der Waals surface area contributed by atoms with Gasteiger partial charge in [-0.2, -0.15) is 5.10 Å². The summed E-state index contributed by atoms with van der Waals surface area (Å²) < 4.78 is 35.2. The maximum Gasteiger partial charge on any atom is 0.256 e. The summed E-state index contributed by atoms with van der Waals surface area (Å²) in [6.07, 6.45) is 0.743. The Hall–Kier alpha value is -4.04. The van der Waals surface area contributed by atoms with Crippen LogP contribution in [-0.2, 0) is 26.1 Å². The first-order valence-corrected chi connectivity index (χ1v) is 12.1. The number of benzene rings is 3. The minimum atomic E-state index is -0.550. The highest BCUT2D eigenvalue weighted by atomic mass is 19.1. The minimum Gasteiger partial charge on any atom is -0.494 e. The van der Waals surface area contributed by atoms with Crippen molar-refractivity contribution in [2.75, 3.05) is 20.7 Å². The van der Waals surface area contributed by atoms with Crippen molar-refractivity contribution < 1.29 is 18.3 Å². The number of ether oxygens (including phenoxy) is 1. The number of hydrogen-bond acceptors (Lipinski definition) is 4. The van der Waals surface area contributed by atoms with Gasteiger partial charge in [0.1, 0.15) is 23.1 Å². The van der Waals surface area contributed by atoms with E-state index in [4.69, 9.17) is 9.84 Å². The summed E-state index contributed by atoms with van der Waals surface area (Å²) in [6.45, 7) is 2.32. The zero-order valence-electron chi connectivity index (χ0n) is 20.8. The van der Waals surface area contributed by atoms with Crippen molar-refractivity contribution in [3.8, 4) is 11.4 Å². The van der Waals surface area contributed by atoms with Gasteiger partial charge in [0.2, 0.25) is 0 Å². The highest BCUT2D eigenvalue weighted by Crippen LogP contribution is 2.31. The molecule has 0 fully saturated rings. The van der Waals surface area contributed by atoms with Crippen molar-refractivity contribution in [1.29, 1.82) is 0 Å². The molecule has 0 saturated carbocycles. The predicted octanol–water partition coefficient (Wildman–Crippen LogP) is 4.99. The number of amides is 1. The normalized spacial score (nSPS) is 13.3. The number of hydrogen-bond donors (Lipinski definition) is 0. The van der Waals surface area contributed by atoms with Crippen LogP contribution in [0, 0.1) is 11.6 Å². The second-order valence-electron chi connectivity index (χ2n) is 9.18. The molecule has 0 atom stereocenters. The van der Waals surface area contributed by atoms with Crippen LogP contribution >= 0.6 is 0 Å². The van der Waals surface area contributed by atoms with E-state index in [1.807, 2.05) is 28.9 Å². The molecule has 5 rings (SSSR count). The summed E-state index contributed by atoms with van der Waals surface area (Å²) in [5.74, 6) is -0.513. The van der Waals surface area contributed by atoms with E-state index in [1.54, 1.807) is 38.4 Å². The van der Waals surface area contributed by atoms with Crippen molar-refractivity contribution >= 4 is 5.91 Å². The highest BCUT2D eigenvalue weighted by Gasteiger charge is 2.28. The molecule has 0 radical (unpaired) electrons. The van der Waals surface area contributed by atoms with Crippen LogP contribution in [0.3, 0.4) is 0 Å². The quantitative estimate of drug-likeness (QED) is 0.357. The largest absolute Gasteiger partial charge is 0.494 e. The molecule has 1 aliphatic rings. The van der Waals surface area contributed by atoms with Crippen molar-refractivity contribution in [3.05, 3.63) is 113 Å². The van der Waals surface area contributed by atoms with Crippen LogP contribution in [0.25, 0.3) is 5.69 Å². The van der Waals surface area contributed by atoms with Crippen molar-refractivity contribution in [2.24, 2.45) is 0 Å². The van der Waals surface area contributed by atoms with E-state index in [-0.39, 0.29) is 17.9 Å². The molecule has 6 nitrogen and oxygen atoms in total. The molecule has 8 heteroatoms. The van der Waals surface area contributed by atoms with Gasteiger partial charge in [-0.05, 0) is 42.0 Å². The highest BCUT2D eigenvalue weighted by molar-refractivity contribution is 5.94. The van der Waals surface area contributed by atoms with Gasteiger partial charge in [-0.25, -0.2) is 13.5 Å². The molecule has 190 valence electrons. The third-order valence-electron chi connectivity index (χ3n) is 6.69. The van der Waals surface area contributed by atoms with Gasteiger partial charge in [0, 0.05) is 38.7 Å². The lowest BCUT2D eigenvalue weighted by Crippen LogP contribution is -2.32. The number of aromatic nitrogens is 2. The number of fused-ring (bicyclic) bond motifs is 1. The fraction of sp³-hybridized carbons (Fsp3) is 0.241. The van der Waals surface area contributed by atoms with Crippen molar-refractivity contribution in [3.63, 3.8) is 0 Å². The van der Waals surface area contributed by atoms with Crippen molar-refractivity contribution in [1.82, 2.24) is 19.6 Å². The smallest absolute Gasteiger partial charge is 0.256 e. The summed E-state index contributed by atoms with van der Waals surface area (Å²) in [5.41, 5.74) is 4.71. The number of rotatable bonds is 7. The summed E-state index contributed by atoms with van der Waals surface area (Å²) in [7, 11) is 3.28. The number of halogens is 2. The van der Waals surface area contributed by atoms with Gasteiger partial charge in [0.25, 0.3) is 5.91 Å². The molecule has 0 aliphatic carbocycles. The molecule has 3 aromatic carbocycles. The van der Waals surface area contributed by atoms with Gasteiger partial charge in [-0.3, -0.25) is 9.69 Å². The zero-order chi connectivity index (χ0) is 25.9. The average molecular weight is 503 g/mol. The summed E-state index contributed by atoms with van der Waals surface area (Å²) in [6, 6.07) is 20.2. The van der Waals surface area contributed by atoms with E-state index in [0.717, 1.165) is 41.2 Å². The fourth-order valence-corrected chi connectivity index (χ4v) is 4.79. The molecule has 37 heavy (non-hydrogen) atoms. The monoisotopic (exact) mass is 502 g/mol. The van der Waals surface area contributed by atoms with Gasteiger partial charge in [0.05, 0.1) is 30.6 Å². The summed E-state index contributed by atoms with van der Waals surface area (Å²) >= 11 is 0. The van der Waals surface area contributed by atoms with E-state index >= 15 is 0 Å². The van der Waals surface area contributed by atoms with Crippen LogP contribution < -0.4 is 4.74 Å². The lowest BCUT2D eigenvalue weighted by Gasteiger charge is -2.28. The molecule has 1 amide bonds. The molecule has 1 aromatic heterocycles. The van der Waals surface area contributed by atoms with E-state index in [9.17, 15) is 13.6 Å². The van der Waals surface area contributed by atoms with Crippen LogP contribution in [0.1, 0.15) is 32.9 Å². The van der Waals surface area contributed by atoms with Crippen LogP contribution in [-0.4, -0.2) is 46.2 Å². The molecule has 0 N–H and O–H groups in total. The number of methoxy groups -OCH3 is 1. The van der Waals surface area contributed by atoms with Gasteiger partial charge in [-0.15, -0.1) is 0 Å². The molecular weight excluding hydrogens is 474 g/mol.